The van der Waals surface area contributed by atoms with Crippen LogP contribution >= 0.6 is 0 Å². The monoisotopic (exact) mass is 759 g/mol. The number of rotatable bonds is 41. The minimum Gasteiger partial charge on any atom is -0.462 e. The standard InChI is InChI=1S/C48H86O6/c1-4-7-10-13-16-18-20-22-23-24-26-27-29-32-35-38-41-47(50)53-44-45(43-52-46(49)40-37-34-31-15-12-9-6-3)54-48(51)42-39-36-33-30-28-25-21-19-17-14-11-8-5-2/h8,11,17,19,25,28,45H,4-7,9-10,12-16,18,20-24,26-27,29-44H2,1-3H3/b11-8-,19-17-,28-25-. The highest BCUT2D eigenvalue weighted by molar-refractivity contribution is 5.71. The first kappa shape index (κ1) is 51.6. The normalized spacial score (nSPS) is 12.3. The zero-order chi connectivity index (χ0) is 39.4. The van der Waals surface area contributed by atoms with Crippen molar-refractivity contribution < 1.29 is 28.6 Å². The quantitative estimate of drug-likeness (QED) is 0.0267. The molecule has 0 fully saturated rings. The molecule has 0 radical (unpaired) electrons. The first-order valence-corrected chi connectivity index (χ1v) is 23.0. The minimum atomic E-state index is -0.779. The molecule has 0 aromatic heterocycles. The van der Waals surface area contributed by atoms with Crippen molar-refractivity contribution >= 4 is 17.9 Å². The van der Waals surface area contributed by atoms with Crippen molar-refractivity contribution in [1.29, 1.82) is 0 Å². The van der Waals surface area contributed by atoms with E-state index < -0.39 is 6.10 Å². The van der Waals surface area contributed by atoms with Gasteiger partial charge in [0.2, 0.25) is 0 Å². The second kappa shape index (κ2) is 43.4. The van der Waals surface area contributed by atoms with Crippen LogP contribution in [0.25, 0.3) is 0 Å². The van der Waals surface area contributed by atoms with E-state index in [2.05, 4.69) is 57.2 Å². The highest BCUT2D eigenvalue weighted by Gasteiger charge is 2.19. The lowest BCUT2D eigenvalue weighted by molar-refractivity contribution is -0.167. The maximum Gasteiger partial charge on any atom is 0.306 e. The summed E-state index contributed by atoms with van der Waals surface area (Å²) in [6.07, 6.45) is 48.6. The first-order valence-electron chi connectivity index (χ1n) is 23.0. The van der Waals surface area contributed by atoms with Gasteiger partial charge in [-0.25, -0.2) is 0 Å². The van der Waals surface area contributed by atoms with Gasteiger partial charge >= 0.3 is 17.9 Å². The molecule has 0 spiro atoms. The van der Waals surface area contributed by atoms with E-state index in [1.165, 1.54) is 109 Å². The second-order valence-corrected chi connectivity index (χ2v) is 15.3. The average molecular weight is 759 g/mol. The Morgan fingerprint density at radius 1 is 0.389 bits per heavy atom. The van der Waals surface area contributed by atoms with E-state index in [1.807, 2.05) is 0 Å². The molecule has 0 amide bonds. The summed E-state index contributed by atoms with van der Waals surface area (Å²) in [6.45, 7) is 6.46. The van der Waals surface area contributed by atoms with Crippen LogP contribution in [0, 0.1) is 0 Å². The van der Waals surface area contributed by atoms with E-state index >= 15 is 0 Å². The molecular weight excluding hydrogens is 673 g/mol. The summed E-state index contributed by atoms with van der Waals surface area (Å²) in [5, 5.41) is 0. The number of unbranched alkanes of at least 4 members (excludes halogenated alkanes) is 24. The van der Waals surface area contributed by atoms with Crippen molar-refractivity contribution in [3.63, 3.8) is 0 Å². The lowest BCUT2D eigenvalue weighted by Crippen LogP contribution is -2.30. The molecular formula is C48H86O6. The number of hydrogen-bond acceptors (Lipinski definition) is 6. The Labute approximate surface area is 334 Å². The van der Waals surface area contributed by atoms with Gasteiger partial charge in [-0.05, 0) is 51.4 Å². The smallest absolute Gasteiger partial charge is 0.306 e. The Balaban J connectivity index is 4.30. The fraction of sp³-hybridized carbons (Fsp3) is 0.812. The largest absolute Gasteiger partial charge is 0.462 e. The summed E-state index contributed by atoms with van der Waals surface area (Å²) in [4.78, 5) is 37.6. The molecule has 0 saturated heterocycles. The summed E-state index contributed by atoms with van der Waals surface area (Å²) in [6, 6.07) is 0. The fourth-order valence-corrected chi connectivity index (χ4v) is 6.46. The summed E-state index contributed by atoms with van der Waals surface area (Å²) in [7, 11) is 0. The summed E-state index contributed by atoms with van der Waals surface area (Å²) in [5.41, 5.74) is 0. The SMILES string of the molecule is CC/C=C\C/C=C\C/C=C\CCCCCC(=O)OC(COC(=O)CCCCCCCCC)COC(=O)CCCCCCCCCCCCCCCCCC. The molecule has 0 rings (SSSR count). The lowest BCUT2D eigenvalue weighted by Gasteiger charge is -2.18. The number of esters is 3. The van der Waals surface area contributed by atoms with E-state index in [4.69, 9.17) is 14.2 Å². The maximum absolute atomic E-state index is 12.7. The predicted octanol–water partition coefficient (Wildman–Crippen LogP) is 14.6. The number of carbonyl (C=O) groups excluding carboxylic acids is 3. The molecule has 54 heavy (non-hydrogen) atoms. The van der Waals surface area contributed by atoms with Gasteiger partial charge in [0.1, 0.15) is 13.2 Å². The Bertz CT molecular complexity index is 922. The third-order valence-corrected chi connectivity index (χ3v) is 9.91. The van der Waals surface area contributed by atoms with Crippen molar-refractivity contribution in [2.75, 3.05) is 13.2 Å². The Kier molecular flexibility index (Phi) is 41.5. The second-order valence-electron chi connectivity index (χ2n) is 15.3. The molecule has 0 N–H and O–H groups in total. The van der Waals surface area contributed by atoms with Crippen molar-refractivity contribution in [2.24, 2.45) is 0 Å². The molecule has 6 heteroatoms. The number of ether oxygens (including phenoxy) is 3. The van der Waals surface area contributed by atoms with Crippen LogP contribution in [0.15, 0.2) is 36.5 Å². The molecule has 0 aliphatic carbocycles. The van der Waals surface area contributed by atoms with Gasteiger partial charge in [0.15, 0.2) is 6.10 Å². The van der Waals surface area contributed by atoms with Crippen LogP contribution in [0.4, 0.5) is 0 Å². The fourth-order valence-electron chi connectivity index (χ4n) is 6.46. The highest BCUT2D eigenvalue weighted by Crippen LogP contribution is 2.15. The number of carbonyl (C=O) groups is 3. The van der Waals surface area contributed by atoms with E-state index in [9.17, 15) is 14.4 Å². The zero-order valence-electron chi connectivity index (χ0n) is 35.7. The van der Waals surface area contributed by atoms with Gasteiger partial charge in [-0.2, -0.15) is 0 Å². The first-order chi connectivity index (χ1) is 26.5. The third-order valence-electron chi connectivity index (χ3n) is 9.91. The Morgan fingerprint density at radius 2 is 0.722 bits per heavy atom. The highest BCUT2D eigenvalue weighted by atomic mass is 16.6. The summed E-state index contributed by atoms with van der Waals surface area (Å²) < 4.78 is 16.6. The summed E-state index contributed by atoms with van der Waals surface area (Å²) in [5.74, 6) is -0.913. The van der Waals surface area contributed by atoms with E-state index in [-0.39, 0.29) is 31.1 Å². The van der Waals surface area contributed by atoms with Crippen molar-refractivity contribution in [1.82, 2.24) is 0 Å². The number of allylic oxidation sites excluding steroid dienone is 6. The molecule has 0 heterocycles. The molecule has 0 saturated carbocycles. The molecule has 0 aromatic rings. The van der Waals surface area contributed by atoms with Crippen LogP contribution < -0.4 is 0 Å². The molecule has 0 bridgehead atoms. The topological polar surface area (TPSA) is 78.9 Å². The molecule has 1 unspecified atom stereocenters. The Hall–Kier alpha value is -2.37. The van der Waals surface area contributed by atoms with E-state index in [1.54, 1.807) is 0 Å². The molecule has 6 nitrogen and oxygen atoms in total. The van der Waals surface area contributed by atoms with Gasteiger partial charge in [-0.15, -0.1) is 0 Å². The Morgan fingerprint density at radius 3 is 1.13 bits per heavy atom. The predicted molar refractivity (Wildman–Crippen MR) is 229 cm³/mol. The van der Waals surface area contributed by atoms with Gasteiger partial charge < -0.3 is 14.2 Å². The molecule has 0 aliphatic rings. The van der Waals surface area contributed by atoms with Gasteiger partial charge in [-0.1, -0.05) is 198 Å². The molecule has 1 atom stereocenters. The van der Waals surface area contributed by atoms with Gasteiger partial charge in [0.25, 0.3) is 0 Å². The molecule has 314 valence electrons. The minimum absolute atomic E-state index is 0.0811. The van der Waals surface area contributed by atoms with Crippen molar-refractivity contribution in [3.8, 4) is 0 Å². The zero-order valence-corrected chi connectivity index (χ0v) is 35.7. The van der Waals surface area contributed by atoms with Crippen molar-refractivity contribution in [2.45, 2.75) is 239 Å². The van der Waals surface area contributed by atoms with Crippen LogP contribution in [0.2, 0.25) is 0 Å². The third kappa shape index (κ3) is 40.8. The van der Waals surface area contributed by atoms with Gasteiger partial charge in [0, 0.05) is 19.3 Å². The van der Waals surface area contributed by atoms with Crippen molar-refractivity contribution in [3.05, 3.63) is 36.5 Å². The van der Waals surface area contributed by atoms with E-state index in [0.29, 0.717) is 19.3 Å². The van der Waals surface area contributed by atoms with Crippen LogP contribution in [-0.2, 0) is 28.6 Å². The van der Waals surface area contributed by atoms with Crippen LogP contribution in [0.1, 0.15) is 233 Å². The maximum atomic E-state index is 12.7. The van der Waals surface area contributed by atoms with Crippen LogP contribution in [-0.4, -0.2) is 37.2 Å². The molecule has 0 aliphatic heterocycles. The van der Waals surface area contributed by atoms with Gasteiger partial charge in [0.05, 0.1) is 0 Å². The lowest BCUT2D eigenvalue weighted by atomic mass is 10.0. The van der Waals surface area contributed by atoms with Crippen LogP contribution in [0.3, 0.4) is 0 Å². The average Bonchev–Trinajstić information content (AvgIpc) is 3.17. The van der Waals surface area contributed by atoms with E-state index in [0.717, 1.165) is 83.5 Å². The van der Waals surface area contributed by atoms with Crippen LogP contribution in [0.5, 0.6) is 0 Å². The summed E-state index contributed by atoms with van der Waals surface area (Å²) >= 11 is 0. The number of hydrogen-bond donors (Lipinski definition) is 0. The molecule has 0 aromatic carbocycles. The van der Waals surface area contributed by atoms with Gasteiger partial charge in [-0.3, -0.25) is 14.4 Å².